The molecule has 0 radical (unpaired) electrons. The quantitative estimate of drug-likeness (QED) is 0.148. The molecule has 0 saturated heterocycles. The van der Waals surface area contributed by atoms with Gasteiger partial charge in [0, 0.05) is 22.5 Å². The normalized spacial score (nSPS) is 12.5. The Balaban J connectivity index is 1.04. The summed E-state index contributed by atoms with van der Waals surface area (Å²) in [7, 11) is 0. The fourth-order valence-electron chi connectivity index (χ4n) is 9.75. The predicted octanol–water partition coefficient (Wildman–Crippen LogP) is 17.0. The van der Waals surface area contributed by atoms with Crippen LogP contribution in [0.3, 0.4) is 0 Å². The maximum atomic E-state index is 2.42. The minimum Gasteiger partial charge on any atom is -0.310 e. The molecule has 0 spiro atoms. The highest BCUT2D eigenvalue weighted by molar-refractivity contribution is 6.00. The minimum atomic E-state index is -0.117. The maximum Gasteiger partial charge on any atom is 0.0465 e. The van der Waals surface area contributed by atoms with Gasteiger partial charge in [-0.25, -0.2) is 0 Å². The number of hydrogen-bond donors (Lipinski definition) is 0. The first-order chi connectivity index (χ1) is 30.5. The molecule has 0 aliphatic heterocycles. The molecule has 0 amide bonds. The van der Waals surface area contributed by atoms with Crippen LogP contribution < -0.4 is 4.90 Å². The molecule has 0 N–H and O–H groups in total. The number of fused-ring (bicyclic) bond motifs is 4. The summed E-state index contributed by atoms with van der Waals surface area (Å²) in [5.74, 6) is 0. The Morgan fingerprint density at radius 1 is 0.274 bits per heavy atom. The lowest BCUT2D eigenvalue weighted by Crippen LogP contribution is -2.16. The van der Waals surface area contributed by atoms with Crippen LogP contribution in [0.2, 0.25) is 0 Å². The molecule has 0 heterocycles. The Morgan fingerprint density at radius 2 is 0.742 bits per heavy atom. The van der Waals surface area contributed by atoms with E-state index in [1.807, 2.05) is 0 Å². The lowest BCUT2D eigenvalue weighted by molar-refractivity contribution is 0.660. The largest absolute Gasteiger partial charge is 0.310 e. The molecular formula is C61H45N. The average Bonchev–Trinajstić information content (AvgIpc) is 3.57. The smallest absolute Gasteiger partial charge is 0.0465 e. The van der Waals surface area contributed by atoms with Crippen molar-refractivity contribution in [1.82, 2.24) is 0 Å². The number of anilines is 3. The number of nitrogens with zero attached hydrogens (tertiary/aromatic N) is 1. The lowest BCUT2D eigenvalue weighted by atomic mass is 9.82. The molecule has 0 unspecified atom stereocenters. The molecule has 1 heteroatoms. The fraction of sp³-hybridized carbons (Fsp3) is 0.0492. The topological polar surface area (TPSA) is 3.24 Å². The van der Waals surface area contributed by atoms with Crippen molar-refractivity contribution in [1.29, 1.82) is 0 Å². The second-order valence-electron chi connectivity index (χ2n) is 16.9. The van der Waals surface area contributed by atoms with Crippen LogP contribution in [0.15, 0.2) is 237 Å². The Kier molecular flexibility index (Phi) is 9.24. The second kappa shape index (κ2) is 15.4. The highest BCUT2D eigenvalue weighted by Crippen LogP contribution is 2.51. The van der Waals surface area contributed by atoms with E-state index in [1.54, 1.807) is 0 Å². The van der Waals surface area contributed by atoms with Crippen LogP contribution in [-0.2, 0) is 5.41 Å². The van der Waals surface area contributed by atoms with Crippen molar-refractivity contribution in [2.24, 2.45) is 0 Å². The van der Waals surface area contributed by atoms with Gasteiger partial charge in [-0.2, -0.15) is 0 Å². The third-order valence-electron chi connectivity index (χ3n) is 12.9. The third kappa shape index (κ3) is 6.51. The van der Waals surface area contributed by atoms with Crippen LogP contribution in [-0.4, -0.2) is 0 Å². The first-order valence-electron chi connectivity index (χ1n) is 21.6. The van der Waals surface area contributed by atoms with E-state index in [0.29, 0.717) is 0 Å². The van der Waals surface area contributed by atoms with E-state index in [2.05, 4.69) is 255 Å². The summed E-state index contributed by atoms with van der Waals surface area (Å²) in [5, 5.41) is 2.50. The summed E-state index contributed by atoms with van der Waals surface area (Å²) in [6.45, 7) is 4.71. The number of rotatable bonds is 8. The van der Waals surface area contributed by atoms with E-state index in [9.17, 15) is 0 Å². The van der Waals surface area contributed by atoms with Crippen LogP contribution in [0.1, 0.15) is 25.0 Å². The summed E-state index contributed by atoms with van der Waals surface area (Å²) in [4.78, 5) is 2.42. The molecule has 62 heavy (non-hydrogen) atoms. The first kappa shape index (κ1) is 37.3. The van der Waals surface area contributed by atoms with Gasteiger partial charge in [0.2, 0.25) is 0 Å². The molecule has 10 aromatic carbocycles. The van der Waals surface area contributed by atoms with Crippen LogP contribution in [0.25, 0.3) is 77.5 Å². The van der Waals surface area contributed by atoms with E-state index in [0.717, 1.165) is 17.1 Å². The summed E-state index contributed by atoms with van der Waals surface area (Å²) in [6, 6.07) is 86.6. The van der Waals surface area contributed by atoms with Gasteiger partial charge in [-0.05, 0) is 131 Å². The van der Waals surface area contributed by atoms with E-state index >= 15 is 0 Å². The van der Waals surface area contributed by atoms with Gasteiger partial charge >= 0.3 is 0 Å². The lowest BCUT2D eigenvalue weighted by Gasteiger charge is -2.28. The fourth-order valence-corrected chi connectivity index (χ4v) is 9.75. The van der Waals surface area contributed by atoms with Gasteiger partial charge in [-0.15, -0.1) is 0 Å². The van der Waals surface area contributed by atoms with E-state index < -0.39 is 0 Å². The maximum absolute atomic E-state index is 2.42. The molecule has 0 aromatic heterocycles. The van der Waals surface area contributed by atoms with E-state index in [4.69, 9.17) is 0 Å². The molecule has 1 aliphatic carbocycles. The second-order valence-corrected chi connectivity index (χ2v) is 16.9. The van der Waals surface area contributed by atoms with Crippen molar-refractivity contribution < 1.29 is 0 Å². The molecule has 10 aromatic rings. The van der Waals surface area contributed by atoms with Crippen molar-refractivity contribution in [3.05, 3.63) is 248 Å². The van der Waals surface area contributed by atoms with Crippen LogP contribution in [0.5, 0.6) is 0 Å². The number of benzene rings is 10. The molecule has 0 atom stereocenters. The summed E-state index contributed by atoms with van der Waals surface area (Å²) in [5.41, 5.74) is 20.7. The molecule has 1 aliphatic rings. The molecule has 1 nitrogen and oxygen atoms in total. The van der Waals surface area contributed by atoms with Crippen LogP contribution >= 0.6 is 0 Å². The summed E-state index contributed by atoms with van der Waals surface area (Å²) < 4.78 is 0. The highest BCUT2D eigenvalue weighted by Gasteiger charge is 2.35. The zero-order valence-electron chi connectivity index (χ0n) is 35.0. The molecule has 0 saturated carbocycles. The van der Waals surface area contributed by atoms with E-state index in [-0.39, 0.29) is 5.41 Å². The number of hydrogen-bond acceptors (Lipinski definition) is 1. The van der Waals surface area contributed by atoms with Crippen molar-refractivity contribution in [3.8, 4) is 66.8 Å². The monoisotopic (exact) mass is 791 g/mol. The van der Waals surface area contributed by atoms with Crippen molar-refractivity contribution >= 4 is 27.8 Å². The zero-order valence-corrected chi connectivity index (χ0v) is 35.0. The van der Waals surface area contributed by atoms with Crippen molar-refractivity contribution in [3.63, 3.8) is 0 Å². The summed E-state index contributed by atoms with van der Waals surface area (Å²) >= 11 is 0. The Bertz CT molecular complexity index is 3230. The van der Waals surface area contributed by atoms with Crippen LogP contribution in [0, 0.1) is 0 Å². The first-order valence-corrected chi connectivity index (χ1v) is 21.6. The van der Waals surface area contributed by atoms with Crippen LogP contribution in [0.4, 0.5) is 17.1 Å². The van der Waals surface area contributed by atoms with Gasteiger partial charge in [0.15, 0.2) is 0 Å². The Labute approximate surface area is 364 Å². The van der Waals surface area contributed by atoms with Crippen molar-refractivity contribution in [2.75, 3.05) is 4.90 Å². The van der Waals surface area contributed by atoms with Gasteiger partial charge < -0.3 is 4.90 Å². The summed E-state index contributed by atoms with van der Waals surface area (Å²) in [6.07, 6.45) is 0. The average molecular weight is 792 g/mol. The molecule has 0 fully saturated rings. The SMILES string of the molecule is CC1(C)c2ccccc2-c2ccc(N(c3ccc(-c4ccc5ccccc5c4)cc3)c3ccc(-c4cccc(-c5ccccc5)c4-c4ccccc4-c4ccccc4)cc3)cc21. The van der Waals surface area contributed by atoms with Gasteiger partial charge in [-0.1, -0.05) is 208 Å². The van der Waals surface area contributed by atoms with Gasteiger partial charge in [0.25, 0.3) is 0 Å². The molecule has 0 bridgehead atoms. The standard InChI is InChI=1S/C61H45N/c1-61(2)58-27-14-13-23-55(58)56-39-38-51(41-59(56)61)62(49-34-30-43(31-35-49)48-29-28-42-16-9-10-21-47(42)40-48)50-36-32-46(33-37-50)54-26-15-25-53(45-19-7-4-8-20-45)60(54)57-24-12-11-22-52(57)44-17-5-3-6-18-44/h3-41H,1-2H3. The predicted molar refractivity (Wildman–Crippen MR) is 263 cm³/mol. The Hall–Kier alpha value is -7.74. The third-order valence-corrected chi connectivity index (χ3v) is 12.9. The minimum absolute atomic E-state index is 0.117. The molecular weight excluding hydrogens is 747 g/mol. The molecule has 11 rings (SSSR count). The van der Waals surface area contributed by atoms with Gasteiger partial charge in [0.05, 0.1) is 0 Å². The van der Waals surface area contributed by atoms with Gasteiger partial charge in [0.1, 0.15) is 0 Å². The van der Waals surface area contributed by atoms with E-state index in [1.165, 1.54) is 88.7 Å². The zero-order chi connectivity index (χ0) is 41.6. The van der Waals surface area contributed by atoms with Crippen molar-refractivity contribution in [2.45, 2.75) is 19.3 Å². The molecule has 294 valence electrons. The highest BCUT2D eigenvalue weighted by atomic mass is 15.1. The Morgan fingerprint density at radius 3 is 1.42 bits per heavy atom. The van der Waals surface area contributed by atoms with Gasteiger partial charge in [-0.3, -0.25) is 0 Å².